The topological polar surface area (TPSA) is 66.5 Å². The van der Waals surface area contributed by atoms with Crippen LogP contribution in [0.3, 0.4) is 0 Å². The first-order valence-electron chi connectivity index (χ1n) is 6.77. The monoisotopic (exact) mass is 274 g/mol. The average molecular weight is 274 g/mol. The number of rotatable bonds is 6. The number of amides is 1. The van der Waals surface area contributed by atoms with Gasteiger partial charge < -0.3 is 14.1 Å². The van der Waals surface area contributed by atoms with Crippen molar-refractivity contribution >= 4 is 12.0 Å². The van der Waals surface area contributed by atoms with E-state index in [2.05, 4.69) is 6.07 Å². The summed E-state index contributed by atoms with van der Waals surface area (Å²) < 4.78 is 10.5. The van der Waals surface area contributed by atoms with Gasteiger partial charge in [-0.1, -0.05) is 0 Å². The number of carbonyl (C=O) groups excluding carboxylic acids is 1. The largest absolute Gasteiger partial charge is 0.472 e. The van der Waals surface area contributed by atoms with E-state index in [0.29, 0.717) is 19.5 Å². The lowest BCUT2D eigenvalue weighted by molar-refractivity contribution is -0.127. The highest BCUT2D eigenvalue weighted by Crippen LogP contribution is 2.14. The molecular formula is C15H18N2O3. The molecule has 1 saturated heterocycles. The molecule has 0 radical (unpaired) electrons. The Hall–Kier alpha value is -2.06. The third-order valence-electron chi connectivity index (χ3n) is 3.21. The van der Waals surface area contributed by atoms with E-state index in [0.717, 1.165) is 25.0 Å². The Morgan fingerprint density at radius 2 is 2.50 bits per heavy atom. The van der Waals surface area contributed by atoms with E-state index in [4.69, 9.17) is 14.4 Å². The molecule has 1 aliphatic rings. The molecule has 0 aromatic carbocycles. The van der Waals surface area contributed by atoms with E-state index in [-0.39, 0.29) is 12.0 Å². The van der Waals surface area contributed by atoms with E-state index in [1.165, 1.54) is 6.08 Å². The third-order valence-corrected chi connectivity index (χ3v) is 3.21. The summed E-state index contributed by atoms with van der Waals surface area (Å²) in [5.74, 6) is -0.100. The number of nitrogens with zero attached hydrogens (tertiary/aromatic N) is 2. The standard InChI is InChI=1S/C15H18N2O3/c16-7-2-8-17(11-14-3-1-9-20-14)15(18)5-4-13-6-10-19-12-13/h4-6,10,12,14H,1-3,8-9,11H2/b5-4+. The van der Waals surface area contributed by atoms with Gasteiger partial charge in [-0.05, 0) is 25.0 Å². The highest BCUT2D eigenvalue weighted by Gasteiger charge is 2.21. The molecule has 0 N–H and O–H groups in total. The summed E-state index contributed by atoms with van der Waals surface area (Å²) in [6, 6.07) is 3.86. The van der Waals surface area contributed by atoms with Crippen LogP contribution in [0.15, 0.2) is 29.1 Å². The summed E-state index contributed by atoms with van der Waals surface area (Å²) in [7, 11) is 0. The molecule has 2 rings (SSSR count). The van der Waals surface area contributed by atoms with Crippen LogP contribution < -0.4 is 0 Å². The van der Waals surface area contributed by atoms with Crippen LogP contribution in [0.5, 0.6) is 0 Å². The summed E-state index contributed by atoms with van der Waals surface area (Å²) in [5.41, 5.74) is 0.843. The van der Waals surface area contributed by atoms with Crippen LogP contribution >= 0.6 is 0 Å². The van der Waals surface area contributed by atoms with Gasteiger partial charge in [-0.15, -0.1) is 0 Å². The second-order valence-corrected chi connectivity index (χ2v) is 4.72. The first kappa shape index (κ1) is 14.4. The highest BCUT2D eigenvalue weighted by atomic mass is 16.5. The summed E-state index contributed by atoms with van der Waals surface area (Å²) in [4.78, 5) is 13.9. The number of hydrogen-bond acceptors (Lipinski definition) is 4. The van der Waals surface area contributed by atoms with E-state index < -0.39 is 0 Å². The molecular weight excluding hydrogens is 256 g/mol. The first-order chi connectivity index (χ1) is 9.79. The van der Waals surface area contributed by atoms with Crippen LogP contribution in [0.2, 0.25) is 0 Å². The molecule has 0 saturated carbocycles. The molecule has 0 aliphatic carbocycles. The zero-order valence-electron chi connectivity index (χ0n) is 11.3. The van der Waals surface area contributed by atoms with Crippen LogP contribution in [0.25, 0.3) is 6.08 Å². The number of furan rings is 1. The van der Waals surface area contributed by atoms with Crippen molar-refractivity contribution < 1.29 is 13.9 Å². The maximum Gasteiger partial charge on any atom is 0.246 e. The quantitative estimate of drug-likeness (QED) is 0.746. The Kier molecular flexibility index (Phi) is 5.39. The maximum absolute atomic E-state index is 12.2. The molecule has 1 aromatic heterocycles. The fourth-order valence-electron chi connectivity index (χ4n) is 2.15. The lowest BCUT2D eigenvalue weighted by Gasteiger charge is -2.23. The van der Waals surface area contributed by atoms with Gasteiger partial charge in [0.25, 0.3) is 0 Å². The van der Waals surface area contributed by atoms with Crippen LogP contribution in [-0.4, -0.2) is 36.6 Å². The molecule has 5 nitrogen and oxygen atoms in total. The molecule has 1 amide bonds. The Morgan fingerprint density at radius 1 is 1.60 bits per heavy atom. The number of nitriles is 1. The minimum Gasteiger partial charge on any atom is -0.472 e. The van der Waals surface area contributed by atoms with Gasteiger partial charge in [-0.2, -0.15) is 5.26 Å². The van der Waals surface area contributed by atoms with E-state index in [1.54, 1.807) is 29.6 Å². The van der Waals surface area contributed by atoms with E-state index in [9.17, 15) is 4.79 Å². The van der Waals surface area contributed by atoms with Crippen molar-refractivity contribution in [1.82, 2.24) is 4.90 Å². The summed E-state index contributed by atoms with van der Waals surface area (Å²) >= 11 is 0. The van der Waals surface area contributed by atoms with Gasteiger partial charge in [-0.25, -0.2) is 0 Å². The van der Waals surface area contributed by atoms with Gasteiger partial charge in [0.1, 0.15) is 0 Å². The average Bonchev–Trinajstić information content (AvgIpc) is 3.13. The van der Waals surface area contributed by atoms with E-state index >= 15 is 0 Å². The number of hydrogen-bond donors (Lipinski definition) is 0. The number of ether oxygens (including phenoxy) is 1. The van der Waals surface area contributed by atoms with Crippen molar-refractivity contribution in [3.63, 3.8) is 0 Å². The molecule has 5 heteroatoms. The van der Waals surface area contributed by atoms with Gasteiger partial charge >= 0.3 is 0 Å². The van der Waals surface area contributed by atoms with Gasteiger partial charge in [0.2, 0.25) is 5.91 Å². The Bertz CT molecular complexity index is 482. The summed E-state index contributed by atoms with van der Waals surface area (Å²) in [6.07, 6.45) is 8.79. The van der Waals surface area contributed by atoms with Crippen molar-refractivity contribution in [2.75, 3.05) is 19.7 Å². The molecule has 0 bridgehead atoms. The normalized spacial score (nSPS) is 18.2. The Labute approximate surface area is 118 Å². The predicted octanol–water partition coefficient (Wildman–Crippen LogP) is 2.21. The molecule has 106 valence electrons. The lowest BCUT2D eigenvalue weighted by atomic mass is 10.2. The first-order valence-corrected chi connectivity index (χ1v) is 6.77. The van der Waals surface area contributed by atoms with Gasteiger partial charge in [0.05, 0.1) is 31.1 Å². The molecule has 1 aromatic rings. The zero-order chi connectivity index (χ0) is 14.2. The second kappa shape index (κ2) is 7.51. The molecule has 1 atom stereocenters. The van der Waals surface area contributed by atoms with Crippen LogP contribution in [0.1, 0.15) is 24.8 Å². The predicted molar refractivity (Wildman–Crippen MR) is 73.5 cm³/mol. The smallest absolute Gasteiger partial charge is 0.246 e. The van der Waals surface area contributed by atoms with Crippen LogP contribution in [0, 0.1) is 11.3 Å². The summed E-state index contributed by atoms with van der Waals surface area (Å²) in [5, 5.41) is 8.69. The van der Waals surface area contributed by atoms with Crippen LogP contribution in [0.4, 0.5) is 0 Å². The fraction of sp³-hybridized carbons (Fsp3) is 0.467. The summed E-state index contributed by atoms with van der Waals surface area (Å²) in [6.45, 7) is 1.75. The van der Waals surface area contributed by atoms with E-state index in [1.807, 2.05) is 0 Å². The van der Waals surface area contributed by atoms with Crippen molar-refractivity contribution in [2.24, 2.45) is 0 Å². The minimum absolute atomic E-state index is 0.0972. The number of carbonyl (C=O) groups is 1. The Morgan fingerprint density at radius 3 is 3.15 bits per heavy atom. The Balaban J connectivity index is 1.93. The SMILES string of the molecule is N#CCCN(CC1CCCO1)C(=O)/C=C/c1ccoc1. The van der Waals surface area contributed by atoms with Crippen molar-refractivity contribution in [3.05, 3.63) is 30.2 Å². The molecule has 0 spiro atoms. The van der Waals surface area contributed by atoms with Gasteiger partial charge in [0.15, 0.2) is 0 Å². The third kappa shape index (κ3) is 4.25. The second-order valence-electron chi connectivity index (χ2n) is 4.72. The zero-order valence-corrected chi connectivity index (χ0v) is 11.3. The fourth-order valence-corrected chi connectivity index (χ4v) is 2.15. The molecule has 1 aliphatic heterocycles. The molecule has 2 heterocycles. The highest BCUT2D eigenvalue weighted by molar-refractivity contribution is 5.91. The van der Waals surface area contributed by atoms with Gasteiger partial charge in [0, 0.05) is 31.3 Å². The lowest BCUT2D eigenvalue weighted by Crippen LogP contribution is -2.37. The van der Waals surface area contributed by atoms with Crippen LogP contribution in [-0.2, 0) is 9.53 Å². The van der Waals surface area contributed by atoms with Crippen molar-refractivity contribution in [2.45, 2.75) is 25.4 Å². The minimum atomic E-state index is -0.100. The molecule has 1 unspecified atom stereocenters. The molecule has 1 fully saturated rings. The van der Waals surface area contributed by atoms with Crippen molar-refractivity contribution in [1.29, 1.82) is 5.26 Å². The van der Waals surface area contributed by atoms with Crippen molar-refractivity contribution in [3.8, 4) is 6.07 Å². The van der Waals surface area contributed by atoms with Gasteiger partial charge in [-0.3, -0.25) is 4.79 Å². The maximum atomic E-state index is 12.2. The molecule has 20 heavy (non-hydrogen) atoms.